The van der Waals surface area contributed by atoms with Gasteiger partial charge in [-0.05, 0) is 32.1 Å². The maximum Gasteiger partial charge on any atom is 0.346 e. The Morgan fingerprint density at radius 1 is 1.29 bits per heavy atom. The Kier molecular flexibility index (Phi) is 2.71. The first-order valence-corrected chi connectivity index (χ1v) is 5.28. The van der Waals surface area contributed by atoms with Crippen LogP contribution in [0.4, 0.5) is 0 Å². The van der Waals surface area contributed by atoms with E-state index >= 15 is 0 Å². The van der Waals surface area contributed by atoms with Crippen molar-refractivity contribution in [2.24, 2.45) is 7.05 Å². The number of aryl methyl sites for hydroxylation is 1. The molecule has 1 fully saturated rings. The number of esters is 2. The molecule has 88 valence electrons. The van der Waals surface area contributed by atoms with Crippen molar-refractivity contribution < 1.29 is 14.3 Å². The molecule has 1 aromatic heterocycles. The Morgan fingerprint density at radius 3 is 2.53 bits per heavy atom. The molecular formula is C13H13NO3. The van der Waals surface area contributed by atoms with Crippen LogP contribution >= 0.6 is 0 Å². The predicted molar refractivity (Wildman–Crippen MR) is 62.9 cm³/mol. The molecule has 0 aromatic carbocycles. The molecule has 0 aliphatic carbocycles. The number of hydrogen-bond donors (Lipinski definition) is 0. The van der Waals surface area contributed by atoms with Crippen LogP contribution in [-0.2, 0) is 21.4 Å². The second kappa shape index (κ2) is 4.05. The van der Waals surface area contributed by atoms with Crippen LogP contribution in [0.3, 0.4) is 0 Å². The van der Waals surface area contributed by atoms with Crippen LogP contribution in [0.2, 0.25) is 0 Å². The van der Waals surface area contributed by atoms with Gasteiger partial charge in [-0.3, -0.25) is 0 Å². The molecule has 0 atom stereocenters. The highest BCUT2D eigenvalue weighted by Crippen LogP contribution is 2.27. The Balaban J connectivity index is 2.54. The second-order valence-corrected chi connectivity index (χ2v) is 4.15. The molecule has 4 nitrogen and oxygen atoms in total. The fraction of sp³-hybridized carbons (Fsp3) is 0.231. The Morgan fingerprint density at radius 2 is 2.00 bits per heavy atom. The average molecular weight is 231 g/mol. The fourth-order valence-corrected chi connectivity index (χ4v) is 1.78. The van der Waals surface area contributed by atoms with Gasteiger partial charge in [0, 0.05) is 18.9 Å². The topological polar surface area (TPSA) is 48.3 Å². The quantitative estimate of drug-likeness (QED) is 0.421. The van der Waals surface area contributed by atoms with Gasteiger partial charge in [0.25, 0.3) is 0 Å². The monoisotopic (exact) mass is 231 g/mol. The summed E-state index contributed by atoms with van der Waals surface area (Å²) in [6.07, 6.45) is 3.55. The minimum Gasteiger partial charge on any atom is -0.386 e. The minimum atomic E-state index is -0.576. The van der Waals surface area contributed by atoms with Crippen LogP contribution in [0.15, 0.2) is 35.0 Å². The second-order valence-electron chi connectivity index (χ2n) is 4.15. The van der Waals surface area contributed by atoms with Crippen LogP contribution in [0.1, 0.15) is 19.5 Å². The zero-order chi connectivity index (χ0) is 12.6. The van der Waals surface area contributed by atoms with Crippen LogP contribution in [0.25, 0.3) is 6.08 Å². The highest BCUT2D eigenvalue weighted by Gasteiger charge is 2.34. The summed E-state index contributed by atoms with van der Waals surface area (Å²) in [6.45, 7) is 3.57. The zero-order valence-electron chi connectivity index (χ0n) is 9.98. The number of ether oxygens (including phenoxy) is 1. The number of hydrogen-bond acceptors (Lipinski definition) is 3. The number of cyclic esters (lactones) is 2. The fourth-order valence-electron chi connectivity index (χ4n) is 1.78. The maximum absolute atomic E-state index is 11.6. The van der Waals surface area contributed by atoms with Crippen LogP contribution in [-0.4, -0.2) is 16.5 Å². The number of carbonyl (C=O) groups excluding carboxylic acids is 2. The molecular weight excluding hydrogens is 218 g/mol. The first kappa shape index (κ1) is 11.4. The summed E-state index contributed by atoms with van der Waals surface area (Å²) in [7, 11) is 1.87. The Labute approximate surface area is 99.2 Å². The van der Waals surface area contributed by atoms with Gasteiger partial charge in [-0.1, -0.05) is 5.57 Å². The molecule has 0 unspecified atom stereocenters. The van der Waals surface area contributed by atoms with E-state index in [1.807, 2.05) is 29.9 Å². The predicted octanol–water partition coefficient (Wildman–Crippen LogP) is 1.83. The number of carbonyl (C=O) groups is 2. The lowest BCUT2D eigenvalue weighted by molar-refractivity contribution is -0.149. The number of nitrogens with zero attached hydrogens (tertiary/aromatic N) is 1. The van der Waals surface area contributed by atoms with E-state index in [4.69, 9.17) is 0 Å². The summed E-state index contributed by atoms with van der Waals surface area (Å²) in [5.41, 5.74) is 2.33. The van der Waals surface area contributed by atoms with E-state index in [0.29, 0.717) is 11.1 Å². The average Bonchev–Trinajstić information content (AvgIpc) is 2.73. The molecule has 1 aliphatic rings. The zero-order valence-corrected chi connectivity index (χ0v) is 9.98. The van der Waals surface area contributed by atoms with E-state index in [1.165, 1.54) is 0 Å². The van der Waals surface area contributed by atoms with Crippen LogP contribution < -0.4 is 0 Å². The van der Waals surface area contributed by atoms with Gasteiger partial charge in [0.2, 0.25) is 0 Å². The molecule has 1 aromatic rings. The van der Waals surface area contributed by atoms with Crippen molar-refractivity contribution in [3.05, 3.63) is 40.7 Å². The molecule has 0 N–H and O–H groups in total. The van der Waals surface area contributed by atoms with Crippen molar-refractivity contribution in [3.63, 3.8) is 0 Å². The van der Waals surface area contributed by atoms with Crippen molar-refractivity contribution in [1.29, 1.82) is 0 Å². The highest BCUT2D eigenvalue weighted by molar-refractivity contribution is 6.20. The van der Waals surface area contributed by atoms with Gasteiger partial charge in [-0.2, -0.15) is 0 Å². The van der Waals surface area contributed by atoms with Gasteiger partial charge in [-0.15, -0.1) is 0 Å². The first-order valence-electron chi connectivity index (χ1n) is 5.28. The Bertz CT molecular complexity index is 557. The van der Waals surface area contributed by atoms with Crippen molar-refractivity contribution in [3.8, 4) is 0 Å². The smallest absolute Gasteiger partial charge is 0.346 e. The van der Waals surface area contributed by atoms with Crippen molar-refractivity contribution in [2.75, 3.05) is 0 Å². The van der Waals surface area contributed by atoms with E-state index in [1.54, 1.807) is 19.9 Å². The number of aromatic nitrogens is 1. The summed E-state index contributed by atoms with van der Waals surface area (Å²) < 4.78 is 6.49. The molecule has 1 saturated heterocycles. The number of allylic oxidation sites excluding steroid dienone is 1. The lowest BCUT2D eigenvalue weighted by atomic mass is 10.0. The first-order chi connectivity index (χ1) is 8.00. The van der Waals surface area contributed by atoms with Gasteiger partial charge in [-0.25, -0.2) is 9.59 Å². The van der Waals surface area contributed by atoms with Crippen molar-refractivity contribution in [2.45, 2.75) is 13.8 Å². The third-order valence-corrected chi connectivity index (χ3v) is 2.65. The SMILES string of the molecule is CC(C)=C1C(=O)OC(=O)/C1=C/c1cccn1C. The third-order valence-electron chi connectivity index (χ3n) is 2.65. The summed E-state index contributed by atoms with van der Waals surface area (Å²) >= 11 is 0. The van der Waals surface area contributed by atoms with Crippen molar-refractivity contribution >= 4 is 18.0 Å². The van der Waals surface area contributed by atoms with E-state index in [-0.39, 0.29) is 0 Å². The molecule has 0 amide bonds. The molecule has 0 bridgehead atoms. The van der Waals surface area contributed by atoms with E-state index in [0.717, 1.165) is 11.3 Å². The van der Waals surface area contributed by atoms with Gasteiger partial charge in [0.15, 0.2) is 0 Å². The molecule has 4 heteroatoms. The van der Waals surface area contributed by atoms with E-state index in [2.05, 4.69) is 4.74 Å². The molecule has 2 heterocycles. The lowest BCUT2D eigenvalue weighted by Gasteiger charge is -1.99. The molecule has 0 radical (unpaired) electrons. The molecule has 0 saturated carbocycles. The normalized spacial score (nSPS) is 17.8. The van der Waals surface area contributed by atoms with Gasteiger partial charge >= 0.3 is 11.9 Å². The molecule has 0 spiro atoms. The standard InChI is InChI=1S/C13H13NO3/c1-8(2)11-10(12(15)17-13(11)16)7-9-5-4-6-14(9)3/h4-7H,1-3H3/b10-7+. The summed E-state index contributed by atoms with van der Waals surface area (Å²) in [5.74, 6) is -1.14. The molecule has 17 heavy (non-hydrogen) atoms. The highest BCUT2D eigenvalue weighted by atomic mass is 16.6. The molecule has 1 aliphatic heterocycles. The third kappa shape index (κ3) is 1.93. The van der Waals surface area contributed by atoms with Crippen molar-refractivity contribution in [1.82, 2.24) is 4.57 Å². The van der Waals surface area contributed by atoms with Crippen LogP contribution in [0, 0.1) is 0 Å². The number of rotatable bonds is 1. The Hall–Kier alpha value is -2.10. The minimum absolute atomic E-state index is 0.330. The van der Waals surface area contributed by atoms with Gasteiger partial charge in [0.05, 0.1) is 11.1 Å². The summed E-state index contributed by atoms with van der Waals surface area (Å²) in [6, 6.07) is 3.74. The summed E-state index contributed by atoms with van der Waals surface area (Å²) in [5, 5.41) is 0. The van der Waals surface area contributed by atoms with E-state index in [9.17, 15) is 9.59 Å². The lowest BCUT2D eigenvalue weighted by Crippen LogP contribution is -1.97. The van der Waals surface area contributed by atoms with Gasteiger partial charge < -0.3 is 9.30 Å². The van der Waals surface area contributed by atoms with Crippen LogP contribution in [0.5, 0.6) is 0 Å². The summed E-state index contributed by atoms with van der Waals surface area (Å²) in [4.78, 5) is 23.1. The van der Waals surface area contributed by atoms with Gasteiger partial charge in [0.1, 0.15) is 0 Å². The largest absolute Gasteiger partial charge is 0.386 e. The van der Waals surface area contributed by atoms with E-state index < -0.39 is 11.9 Å². The maximum atomic E-state index is 11.6. The molecule has 2 rings (SSSR count).